The molecule has 1 saturated heterocycles. The molecule has 4 atom stereocenters. The van der Waals surface area contributed by atoms with E-state index in [-0.39, 0.29) is 29.7 Å². The van der Waals surface area contributed by atoms with Crippen LogP contribution >= 0.6 is 0 Å². The first-order chi connectivity index (χ1) is 19.9. The van der Waals surface area contributed by atoms with Crippen LogP contribution in [0.25, 0.3) is 11.1 Å². The van der Waals surface area contributed by atoms with Crippen molar-refractivity contribution in [2.75, 3.05) is 27.2 Å². The zero-order valence-corrected chi connectivity index (χ0v) is 23.6. The zero-order chi connectivity index (χ0) is 30.1. The number of aliphatic hydroxyl groups is 3. The van der Waals surface area contributed by atoms with E-state index in [9.17, 15) is 34.8 Å². The second-order valence-corrected chi connectivity index (χ2v) is 12.1. The van der Waals surface area contributed by atoms with Gasteiger partial charge >= 0.3 is 0 Å². The van der Waals surface area contributed by atoms with Crippen LogP contribution in [0.4, 0.5) is 0 Å². The number of carbonyl (C=O) groups excluding carboxylic acids is 3. The Bertz CT molecular complexity index is 1570. The number of ketones is 2. The van der Waals surface area contributed by atoms with Crippen molar-refractivity contribution in [2.24, 2.45) is 17.6 Å². The number of nitrogens with zero attached hydrogens (tertiary/aromatic N) is 2. The van der Waals surface area contributed by atoms with Crippen molar-refractivity contribution in [1.29, 1.82) is 0 Å². The number of Topliss-reactive ketones (excluding diaryl/α,β-unsaturated/α-hetero) is 2. The highest BCUT2D eigenvalue weighted by Gasteiger charge is 2.63. The van der Waals surface area contributed by atoms with Gasteiger partial charge in [0, 0.05) is 18.0 Å². The quantitative estimate of drug-likeness (QED) is 0.338. The molecule has 6 rings (SSSR count). The van der Waals surface area contributed by atoms with Crippen LogP contribution < -0.4 is 5.73 Å². The Morgan fingerprint density at radius 3 is 2.33 bits per heavy atom. The highest BCUT2D eigenvalue weighted by Crippen LogP contribution is 2.53. The maximum Gasteiger partial charge on any atom is 0.255 e. The second kappa shape index (κ2) is 10.1. The third-order valence-corrected chi connectivity index (χ3v) is 9.48. The van der Waals surface area contributed by atoms with E-state index in [4.69, 9.17) is 5.73 Å². The predicted octanol–water partition coefficient (Wildman–Crippen LogP) is 2.38. The van der Waals surface area contributed by atoms with Crippen LogP contribution in [0, 0.1) is 11.8 Å². The topological polar surface area (TPSA) is 165 Å². The summed E-state index contributed by atoms with van der Waals surface area (Å²) in [4.78, 5) is 43.5. The van der Waals surface area contributed by atoms with Crippen molar-refractivity contribution in [3.8, 4) is 16.9 Å². The van der Waals surface area contributed by atoms with Crippen LogP contribution in [0.5, 0.6) is 5.75 Å². The third kappa shape index (κ3) is 4.08. The molecule has 1 fully saturated rings. The van der Waals surface area contributed by atoms with Crippen molar-refractivity contribution in [2.45, 2.75) is 43.9 Å². The summed E-state index contributed by atoms with van der Waals surface area (Å²) in [6.07, 6.45) is 2.72. The fourth-order valence-electron chi connectivity index (χ4n) is 7.51. The molecule has 0 unspecified atom stereocenters. The normalized spacial score (nSPS) is 27.8. The number of amides is 1. The molecule has 220 valence electrons. The number of benzene rings is 2. The average molecular weight is 574 g/mol. The Morgan fingerprint density at radius 2 is 1.71 bits per heavy atom. The number of likely N-dealkylation sites (N-methyl/N-ethyl adjacent to an activating group) is 1. The van der Waals surface area contributed by atoms with E-state index < -0.39 is 58.0 Å². The summed E-state index contributed by atoms with van der Waals surface area (Å²) in [5, 5.41) is 45.0. The Hall–Kier alpha value is -3.99. The molecule has 4 aliphatic rings. The molecule has 0 saturated carbocycles. The molecule has 2 aromatic carbocycles. The van der Waals surface area contributed by atoms with Gasteiger partial charge in [0.05, 0.1) is 11.6 Å². The number of primary amides is 1. The van der Waals surface area contributed by atoms with E-state index in [1.54, 1.807) is 20.2 Å². The third-order valence-electron chi connectivity index (χ3n) is 9.48. The standard InChI is InChI=1S/C32H35N3O7/c1-34(2)26-21-14-18-13-20-19(17-7-5-16(6-8-17)15-35-11-3-4-12-35)9-10-22(36)24(20)27(37)23(18)29(39)32(21,42)30(40)25(28(26)38)31(33)41/h5-10,18,21,26,36,38-39,42H,3-4,11-15H2,1-2H3,(H2,33,41)/t18-,21-,26+,32+/m1/s1. The summed E-state index contributed by atoms with van der Waals surface area (Å²) in [6, 6.07) is 10.3. The van der Waals surface area contributed by atoms with Gasteiger partial charge in [-0.15, -0.1) is 0 Å². The number of aromatic hydroxyl groups is 1. The number of fused-ring (bicyclic) bond motifs is 3. The molecule has 10 nitrogen and oxygen atoms in total. The molecular formula is C32H35N3O7. The number of nitrogens with two attached hydrogens (primary N) is 1. The minimum absolute atomic E-state index is 0.00873. The van der Waals surface area contributed by atoms with Crippen molar-refractivity contribution in [3.63, 3.8) is 0 Å². The predicted molar refractivity (Wildman–Crippen MR) is 154 cm³/mol. The molecule has 1 amide bonds. The number of hydrogen-bond donors (Lipinski definition) is 5. The van der Waals surface area contributed by atoms with Crippen molar-refractivity contribution < 1.29 is 34.8 Å². The van der Waals surface area contributed by atoms with E-state index in [2.05, 4.69) is 17.0 Å². The first kappa shape index (κ1) is 28.1. The Kier molecular flexibility index (Phi) is 6.75. The summed E-state index contributed by atoms with van der Waals surface area (Å²) < 4.78 is 0. The molecule has 0 aromatic heterocycles. The summed E-state index contributed by atoms with van der Waals surface area (Å²) in [6.45, 7) is 3.05. The lowest BCUT2D eigenvalue weighted by atomic mass is 9.58. The number of likely N-dealkylation sites (tertiary alicyclic amines) is 1. The maximum atomic E-state index is 14.0. The van der Waals surface area contributed by atoms with Crippen LogP contribution in [0.1, 0.15) is 40.7 Å². The van der Waals surface area contributed by atoms with Gasteiger partial charge in [0.2, 0.25) is 5.78 Å². The molecule has 0 radical (unpaired) electrons. The van der Waals surface area contributed by atoms with Crippen LogP contribution in [0.15, 0.2) is 59.1 Å². The number of rotatable bonds is 5. The molecule has 1 aliphatic heterocycles. The Balaban J connectivity index is 1.43. The van der Waals surface area contributed by atoms with Gasteiger partial charge in [-0.1, -0.05) is 30.3 Å². The summed E-state index contributed by atoms with van der Waals surface area (Å²) in [7, 11) is 3.22. The first-order valence-corrected chi connectivity index (χ1v) is 14.3. The van der Waals surface area contributed by atoms with Gasteiger partial charge in [-0.3, -0.25) is 24.2 Å². The van der Waals surface area contributed by atoms with E-state index in [0.29, 0.717) is 5.56 Å². The van der Waals surface area contributed by atoms with Gasteiger partial charge in [0.25, 0.3) is 5.91 Å². The van der Waals surface area contributed by atoms with Crippen LogP contribution in [-0.4, -0.2) is 86.5 Å². The number of allylic oxidation sites excluding steroid dienone is 1. The van der Waals surface area contributed by atoms with Gasteiger partial charge in [-0.2, -0.15) is 0 Å². The van der Waals surface area contributed by atoms with Gasteiger partial charge in [-0.05, 0) is 87.1 Å². The van der Waals surface area contributed by atoms with Crippen molar-refractivity contribution in [1.82, 2.24) is 9.80 Å². The number of aliphatic hydroxyl groups excluding tert-OH is 2. The van der Waals surface area contributed by atoms with E-state index >= 15 is 0 Å². The lowest BCUT2D eigenvalue weighted by Crippen LogP contribution is -2.63. The summed E-state index contributed by atoms with van der Waals surface area (Å²) in [5.41, 5.74) is 5.21. The summed E-state index contributed by atoms with van der Waals surface area (Å²) in [5.74, 6) is -6.58. The SMILES string of the molecule is CN(C)[C@@H]1C(O)=C(C(N)=O)C(=O)[C@@]2(O)C(O)=C3C(=O)c4c(O)ccc(-c5ccc(CN6CCCC6)cc5)c4C[C@@H]3C[C@H]12. The monoisotopic (exact) mass is 573 g/mol. The summed E-state index contributed by atoms with van der Waals surface area (Å²) >= 11 is 0. The maximum absolute atomic E-state index is 14.0. The minimum Gasteiger partial charge on any atom is -0.510 e. The number of phenolic OH excluding ortho intramolecular Hbond substituents is 1. The van der Waals surface area contributed by atoms with Crippen LogP contribution in [0.3, 0.4) is 0 Å². The van der Waals surface area contributed by atoms with Crippen LogP contribution in [-0.2, 0) is 22.6 Å². The van der Waals surface area contributed by atoms with Gasteiger partial charge in [0.1, 0.15) is 22.8 Å². The Morgan fingerprint density at radius 1 is 1.05 bits per heavy atom. The molecule has 0 bridgehead atoms. The minimum atomic E-state index is -2.65. The van der Waals surface area contributed by atoms with Crippen molar-refractivity contribution in [3.05, 3.63) is 75.8 Å². The zero-order valence-electron chi connectivity index (χ0n) is 23.6. The molecular weight excluding hydrogens is 538 g/mol. The fourth-order valence-corrected chi connectivity index (χ4v) is 7.51. The molecule has 6 N–H and O–H groups in total. The van der Waals surface area contributed by atoms with E-state index in [0.717, 1.165) is 30.8 Å². The average Bonchev–Trinajstić information content (AvgIpc) is 3.44. The Labute approximate surface area is 243 Å². The second-order valence-electron chi connectivity index (χ2n) is 12.1. The molecule has 2 aromatic rings. The van der Waals surface area contributed by atoms with E-state index in [1.165, 1.54) is 29.4 Å². The lowest BCUT2D eigenvalue weighted by molar-refractivity contribution is -0.148. The number of hydrogen-bond acceptors (Lipinski definition) is 9. The highest BCUT2D eigenvalue weighted by molar-refractivity contribution is 6.24. The van der Waals surface area contributed by atoms with E-state index in [1.807, 2.05) is 12.1 Å². The van der Waals surface area contributed by atoms with Gasteiger partial charge in [0.15, 0.2) is 11.4 Å². The molecule has 42 heavy (non-hydrogen) atoms. The van der Waals surface area contributed by atoms with Crippen molar-refractivity contribution >= 4 is 17.5 Å². The lowest BCUT2D eigenvalue weighted by Gasteiger charge is -2.50. The van der Waals surface area contributed by atoms with Crippen LogP contribution in [0.2, 0.25) is 0 Å². The molecule has 0 spiro atoms. The number of carbonyl (C=O) groups is 3. The molecule has 10 heteroatoms. The van der Waals surface area contributed by atoms with Gasteiger partial charge < -0.3 is 26.2 Å². The molecule has 3 aliphatic carbocycles. The van der Waals surface area contributed by atoms with Gasteiger partial charge in [-0.25, -0.2) is 0 Å². The molecule has 1 heterocycles. The number of phenols is 1. The smallest absolute Gasteiger partial charge is 0.255 e. The highest BCUT2D eigenvalue weighted by atomic mass is 16.3. The first-order valence-electron chi connectivity index (χ1n) is 14.3. The largest absolute Gasteiger partial charge is 0.510 e. The fraction of sp³-hybridized carbons (Fsp3) is 0.406.